The van der Waals surface area contributed by atoms with Crippen LogP contribution in [0.3, 0.4) is 0 Å². The Morgan fingerprint density at radius 1 is 1.20 bits per heavy atom. The van der Waals surface area contributed by atoms with Gasteiger partial charge in [0.2, 0.25) is 0 Å². The van der Waals surface area contributed by atoms with Crippen molar-refractivity contribution in [3.63, 3.8) is 0 Å². The van der Waals surface area contributed by atoms with Gasteiger partial charge in [0.1, 0.15) is 6.61 Å². The standard InChI is InChI=1S/C10H16Br2ClO6P/c1-2-10(14)16-7-9(13)8-19-20(15,17-5-3-11)18-6-4-12/h2,9H,1,3-8H2. The third-order valence-electron chi connectivity index (χ3n) is 1.64. The van der Waals surface area contributed by atoms with E-state index in [1.807, 2.05) is 0 Å². The number of phosphoric acid groups is 1. The second-order valence-electron chi connectivity index (χ2n) is 3.22. The van der Waals surface area contributed by atoms with Gasteiger partial charge in [-0.05, 0) is 0 Å². The molecular weight excluding hydrogens is 442 g/mol. The van der Waals surface area contributed by atoms with Crippen molar-refractivity contribution in [3.8, 4) is 0 Å². The fourth-order valence-electron chi connectivity index (χ4n) is 0.856. The summed E-state index contributed by atoms with van der Waals surface area (Å²) in [5.41, 5.74) is 0. The first-order valence-corrected chi connectivity index (χ1v) is 9.70. The molecular formula is C10H16Br2ClO6P. The van der Waals surface area contributed by atoms with Crippen LogP contribution in [0.2, 0.25) is 0 Å². The van der Waals surface area contributed by atoms with Crippen LogP contribution in [-0.4, -0.2) is 48.4 Å². The zero-order valence-corrected chi connectivity index (χ0v) is 15.5. The molecule has 0 heterocycles. The number of phosphoric ester groups is 1. The summed E-state index contributed by atoms with van der Waals surface area (Å²) < 4.78 is 32.0. The van der Waals surface area contributed by atoms with Gasteiger partial charge in [-0.3, -0.25) is 13.6 Å². The van der Waals surface area contributed by atoms with Gasteiger partial charge in [-0.15, -0.1) is 11.6 Å². The Morgan fingerprint density at radius 2 is 1.75 bits per heavy atom. The second-order valence-corrected chi connectivity index (χ2v) is 7.09. The summed E-state index contributed by atoms with van der Waals surface area (Å²) in [6.07, 6.45) is 1.02. The Bertz CT molecular complexity index is 332. The largest absolute Gasteiger partial charge is 0.474 e. The molecule has 0 saturated carbocycles. The zero-order valence-electron chi connectivity index (χ0n) is 10.6. The number of rotatable bonds is 12. The van der Waals surface area contributed by atoms with E-state index in [-0.39, 0.29) is 26.4 Å². The van der Waals surface area contributed by atoms with E-state index in [1.54, 1.807) is 0 Å². The summed E-state index contributed by atoms with van der Waals surface area (Å²) in [5.74, 6) is -0.593. The molecule has 0 aliphatic rings. The molecule has 0 bridgehead atoms. The first kappa shape index (κ1) is 20.6. The number of alkyl halides is 3. The second kappa shape index (κ2) is 12.1. The lowest BCUT2D eigenvalue weighted by Crippen LogP contribution is -2.18. The average molecular weight is 458 g/mol. The highest BCUT2D eigenvalue weighted by Crippen LogP contribution is 2.49. The van der Waals surface area contributed by atoms with Gasteiger partial charge in [0.25, 0.3) is 0 Å². The molecule has 0 aromatic rings. The summed E-state index contributed by atoms with van der Waals surface area (Å²) >= 11 is 12.1. The van der Waals surface area contributed by atoms with Crippen LogP contribution in [-0.2, 0) is 27.7 Å². The molecule has 6 nitrogen and oxygen atoms in total. The summed E-state index contributed by atoms with van der Waals surface area (Å²) in [4.78, 5) is 10.8. The molecule has 1 unspecified atom stereocenters. The first-order valence-electron chi connectivity index (χ1n) is 5.56. The number of carbonyl (C=O) groups is 1. The van der Waals surface area contributed by atoms with E-state index in [9.17, 15) is 9.36 Å². The van der Waals surface area contributed by atoms with E-state index in [4.69, 9.17) is 29.9 Å². The number of esters is 1. The fraction of sp³-hybridized carbons (Fsp3) is 0.700. The number of hydrogen-bond acceptors (Lipinski definition) is 6. The Balaban J connectivity index is 4.19. The lowest BCUT2D eigenvalue weighted by molar-refractivity contribution is -0.137. The van der Waals surface area contributed by atoms with Crippen LogP contribution in [0.25, 0.3) is 0 Å². The summed E-state index contributed by atoms with van der Waals surface area (Å²) in [6, 6.07) is 0. The summed E-state index contributed by atoms with van der Waals surface area (Å²) in [5, 5.41) is 0.297. The zero-order chi connectivity index (χ0) is 15.4. The molecule has 0 radical (unpaired) electrons. The molecule has 0 aliphatic heterocycles. The Hall–Kier alpha value is 0.570. The van der Waals surface area contributed by atoms with Crippen molar-refractivity contribution in [2.24, 2.45) is 0 Å². The van der Waals surface area contributed by atoms with Gasteiger partial charge in [0.05, 0.1) is 25.2 Å². The molecule has 0 aromatic heterocycles. The lowest BCUT2D eigenvalue weighted by Gasteiger charge is -2.18. The molecule has 10 heteroatoms. The smallest absolute Gasteiger partial charge is 0.461 e. The van der Waals surface area contributed by atoms with Crippen LogP contribution < -0.4 is 0 Å². The highest BCUT2D eigenvalue weighted by atomic mass is 79.9. The molecule has 0 fully saturated rings. The van der Waals surface area contributed by atoms with Gasteiger partial charge in [0, 0.05) is 16.7 Å². The van der Waals surface area contributed by atoms with Gasteiger partial charge >= 0.3 is 13.8 Å². The Labute approximate surface area is 140 Å². The molecule has 0 amide bonds. The van der Waals surface area contributed by atoms with Gasteiger partial charge in [-0.1, -0.05) is 38.4 Å². The van der Waals surface area contributed by atoms with E-state index in [2.05, 4.69) is 38.4 Å². The highest BCUT2D eigenvalue weighted by molar-refractivity contribution is 9.09. The fourth-order valence-corrected chi connectivity index (χ4v) is 3.11. The van der Waals surface area contributed by atoms with Crippen molar-refractivity contribution in [2.75, 3.05) is 37.1 Å². The van der Waals surface area contributed by atoms with E-state index in [0.717, 1.165) is 6.08 Å². The molecule has 0 rings (SSSR count). The van der Waals surface area contributed by atoms with Crippen molar-refractivity contribution < 1.29 is 27.7 Å². The van der Waals surface area contributed by atoms with E-state index < -0.39 is 19.2 Å². The maximum Gasteiger partial charge on any atom is 0.474 e. The lowest BCUT2D eigenvalue weighted by atomic mass is 10.5. The van der Waals surface area contributed by atoms with Crippen molar-refractivity contribution >= 4 is 57.3 Å². The predicted octanol–water partition coefficient (Wildman–Crippen LogP) is 3.27. The Morgan fingerprint density at radius 3 is 2.20 bits per heavy atom. The van der Waals surface area contributed by atoms with Crippen LogP contribution in [0.1, 0.15) is 0 Å². The normalized spacial score (nSPS) is 12.9. The number of halogens is 3. The highest BCUT2D eigenvalue weighted by Gasteiger charge is 2.27. The van der Waals surface area contributed by atoms with Crippen molar-refractivity contribution in [2.45, 2.75) is 5.38 Å². The van der Waals surface area contributed by atoms with Crippen LogP contribution in [0.15, 0.2) is 12.7 Å². The molecule has 0 saturated heterocycles. The topological polar surface area (TPSA) is 71.1 Å². The van der Waals surface area contributed by atoms with Gasteiger partial charge in [0.15, 0.2) is 0 Å². The monoisotopic (exact) mass is 456 g/mol. The van der Waals surface area contributed by atoms with E-state index >= 15 is 0 Å². The first-order chi connectivity index (χ1) is 9.47. The average Bonchev–Trinajstić information content (AvgIpc) is 2.46. The minimum absolute atomic E-state index is 0.0940. The summed E-state index contributed by atoms with van der Waals surface area (Å²) in [6.45, 7) is 3.34. The molecule has 1 atom stereocenters. The van der Waals surface area contributed by atoms with Crippen molar-refractivity contribution in [3.05, 3.63) is 12.7 Å². The molecule has 0 aromatic carbocycles. The quantitative estimate of drug-likeness (QED) is 0.194. The molecule has 0 aliphatic carbocycles. The molecule has 20 heavy (non-hydrogen) atoms. The number of carbonyl (C=O) groups excluding carboxylic acids is 1. The van der Waals surface area contributed by atoms with Crippen molar-refractivity contribution in [1.29, 1.82) is 0 Å². The minimum Gasteiger partial charge on any atom is -0.461 e. The van der Waals surface area contributed by atoms with Crippen LogP contribution in [0, 0.1) is 0 Å². The third kappa shape index (κ3) is 10.3. The van der Waals surface area contributed by atoms with E-state index in [0.29, 0.717) is 10.7 Å². The van der Waals surface area contributed by atoms with Crippen LogP contribution in [0.4, 0.5) is 0 Å². The van der Waals surface area contributed by atoms with Gasteiger partial charge in [-0.25, -0.2) is 9.36 Å². The molecule has 0 spiro atoms. The predicted molar refractivity (Wildman–Crippen MR) is 83.8 cm³/mol. The van der Waals surface area contributed by atoms with Crippen molar-refractivity contribution in [1.82, 2.24) is 0 Å². The molecule has 118 valence electrons. The SMILES string of the molecule is C=CC(=O)OCC(Cl)COP(=O)(OCCBr)OCCBr. The van der Waals surface area contributed by atoms with E-state index in [1.165, 1.54) is 0 Å². The van der Waals surface area contributed by atoms with Gasteiger partial charge in [-0.2, -0.15) is 0 Å². The maximum absolute atomic E-state index is 12.1. The number of hydrogen-bond donors (Lipinski definition) is 0. The minimum atomic E-state index is -3.67. The molecule has 0 N–H and O–H groups in total. The number of ether oxygens (including phenoxy) is 1. The third-order valence-corrected chi connectivity index (χ3v) is 4.00. The van der Waals surface area contributed by atoms with Gasteiger partial charge < -0.3 is 4.74 Å². The Kier molecular flexibility index (Phi) is 12.5. The van der Waals surface area contributed by atoms with Crippen LogP contribution in [0.5, 0.6) is 0 Å². The maximum atomic E-state index is 12.1. The summed E-state index contributed by atoms with van der Waals surface area (Å²) in [7, 11) is -3.67. The van der Waals surface area contributed by atoms with Crippen LogP contribution >= 0.6 is 51.3 Å².